The number of rotatable bonds is 1. The number of nitrogens with one attached hydrogen (secondary N) is 1. The predicted octanol–water partition coefficient (Wildman–Crippen LogP) is -4.23. The van der Waals surface area contributed by atoms with Crippen molar-refractivity contribution >= 4 is 11.7 Å². The van der Waals surface area contributed by atoms with Crippen LogP contribution in [0.2, 0.25) is 0 Å². The second-order valence-electron chi connectivity index (χ2n) is 3.51. The molecule has 2 aliphatic rings. The van der Waals surface area contributed by atoms with Crippen LogP contribution in [-0.2, 0) is 4.79 Å². The SMILES string of the molecule is O=C1C[NH2+]C(c2ccc3c(c2)OCO3)=NN1.[Cl-]. The smallest absolute Gasteiger partial charge is 0.295 e. The molecule has 6 nitrogen and oxygen atoms in total. The van der Waals surface area contributed by atoms with Crippen molar-refractivity contribution < 1.29 is 32.0 Å². The van der Waals surface area contributed by atoms with Crippen molar-refractivity contribution in [3.05, 3.63) is 23.8 Å². The minimum Gasteiger partial charge on any atom is -1.00 e. The van der Waals surface area contributed by atoms with Gasteiger partial charge in [-0.2, -0.15) is 0 Å². The summed E-state index contributed by atoms with van der Waals surface area (Å²) in [4.78, 5) is 10.9. The fourth-order valence-electron chi connectivity index (χ4n) is 1.64. The second-order valence-corrected chi connectivity index (χ2v) is 3.51. The van der Waals surface area contributed by atoms with Crippen molar-refractivity contribution in [3.63, 3.8) is 0 Å². The Hall–Kier alpha value is -1.79. The largest absolute Gasteiger partial charge is 1.00 e. The average molecular weight is 256 g/mol. The molecule has 0 saturated heterocycles. The van der Waals surface area contributed by atoms with Crippen LogP contribution in [0, 0.1) is 0 Å². The number of amides is 1. The number of hydrogen-bond donors (Lipinski definition) is 2. The van der Waals surface area contributed by atoms with Crippen LogP contribution >= 0.6 is 0 Å². The molecule has 3 rings (SSSR count). The van der Waals surface area contributed by atoms with Crippen molar-refractivity contribution in [1.82, 2.24) is 5.43 Å². The Bertz CT molecular complexity index is 490. The van der Waals surface area contributed by atoms with Crippen LogP contribution in [-0.4, -0.2) is 25.1 Å². The zero-order chi connectivity index (χ0) is 11.0. The molecule has 0 unspecified atom stereocenters. The number of ether oxygens (including phenoxy) is 2. The van der Waals surface area contributed by atoms with Crippen molar-refractivity contribution in [1.29, 1.82) is 0 Å². The van der Waals surface area contributed by atoms with Gasteiger partial charge in [-0.25, -0.2) is 5.43 Å². The van der Waals surface area contributed by atoms with E-state index in [1.165, 1.54) is 0 Å². The van der Waals surface area contributed by atoms with Gasteiger partial charge in [-0.15, -0.1) is 5.10 Å². The van der Waals surface area contributed by atoms with E-state index in [2.05, 4.69) is 10.5 Å². The molecular weight excluding hydrogens is 246 g/mol. The quantitative estimate of drug-likeness (QED) is 0.534. The zero-order valence-corrected chi connectivity index (χ0v) is 9.53. The number of carbonyl (C=O) groups is 1. The molecule has 0 saturated carbocycles. The Balaban J connectivity index is 0.00000108. The molecular formula is C10H10ClN3O3. The summed E-state index contributed by atoms with van der Waals surface area (Å²) in [5.41, 5.74) is 3.35. The number of hydrazone groups is 1. The number of quaternary nitrogens is 1. The molecule has 7 heteroatoms. The summed E-state index contributed by atoms with van der Waals surface area (Å²) >= 11 is 0. The lowest BCUT2D eigenvalue weighted by Crippen LogP contribution is -3.00. The van der Waals surface area contributed by atoms with Gasteiger partial charge in [0.25, 0.3) is 5.91 Å². The van der Waals surface area contributed by atoms with Gasteiger partial charge in [-0.1, -0.05) is 0 Å². The molecule has 90 valence electrons. The molecule has 0 radical (unpaired) electrons. The molecule has 0 aromatic heterocycles. The minimum absolute atomic E-state index is 0. The molecule has 0 aliphatic carbocycles. The molecule has 3 N–H and O–H groups in total. The first kappa shape index (κ1) is 11.7. The first-order valence-corrected chi connectivity index (χ1v) is 4.93. The van der Waals surface area contributed by atoms with E-state index >= 15 is 0 Å². The molecule has 0 bridgehead atoms. The number of fused-ring (bicyclic) bond motifs is 1. The Labute approximate surface area is 103 Å². The number of carbonyl (C=O) groups excluding carboxylic acids is 1. The molecule has 0 atom stereocenters. The normalized spacial score (nSPS) is 16.9. The molecule has 1 aromatic rings. The van der Waals surface area contributed by atoms with Gasteiger partial charge >= 0.3 is 0 Å². The van der Waals surface area contributed by atoms with E-state index in [4.69, 9.17) is 9.47 Å². The van der Waals surface area contributed by atoms with Gasteiger partial charge < -0.3 is 21.9 Å². The first-order valence-electron chi connectivity index (χ1n) is 4.93. The molecule has 2 aliphatic heterocycles. The van der Waals surface area contributed by atoms with Crippen molar-refractivity contribution in [2.75, 3.05) is 13.3 Å². The van der Waals surface area contributed by atoms with Gasteiger partial charge in [0.1, 0.15) is 0 Å². The Kier molecular flexibility index (Phi) is 3.16. The number of halogens is 1. The number of nitrogens with zero attached hydrogens (tertiary/aromatic N) is 1. The van der Waals surface area contributed by atoms with Gasteiger partial charge in [0.15, 0.2) is 18.0 Å². The van der Waals surface area contributed by atoms with Gasteiger partial charge in [0.2, 0.25) is 12.6 Å². The van der Waals surface area contributed by atoms with Gasteiger partial charge in [-0.3, -0.25) is 10.1 Å². The van der Waals surface area contributed by atoms with Crippen molar-refractivity contribution in [3.8, 4) is 11.5 Å². The van der Waals surface area contributed by atoms with E-state index in [1.54, 1.807) is 5.32 Å². The monoisotopic (exact) mass is 255 g/mol. The Morgan fingerprint density at radius 1 is 1.29 bits per heavy atom. The highest BCUT2D eigenvalue weighted by molar-refractivity contribution is 5.95. The van der Waals surface area contributed by atoms with Crippen LogP contribution in [0.4, 0.5) is 0 Å². The van der Waals surface area contributed by atoms with Crippen molar-refractivity contribution in [2.45, 2.75) is 0 Å². The molecule has 0 spiro atoms. The molecule has 1 aromatic carbocycles. The van der Waals surface area contributed by atoms with E-state index in [0.29, 0.717) is 12.3 Å². The standard InChI is InChI=1S/C10H9N3O3.ClH/c14-9-4-11-10(13-12-9)6-1-2-7-8(3-6)16-5-15-7;/h1-3H,4-5H2,(H,11,13)(H,12,14);1H. The van der Waals surface area contributed by atoms with Crippen LogP contribution in [0.15, 0.2) is 23.3 Å². The van der Waals surface area contributed by atoms with E-state index in [9.17, 15) is 4.79 Å². The van der Waals surface area contributed by atoms with Crippen LogP contribution in [0.5, 0.6) is 11.5 Å². The lowest BCUT2D eigenvalue weighted by molar-refractivity contribution is -0.529. The van der Waals surface area contributed by atoms with E-state index < -0.39 is 0 Å². The zero-order valence-electron chi connectivity index (χ0n) is 8.77. The first-order chi connectivity index (χ1) is 7.83. The molecule has 17 heavy (non-hydrogen) atoms. The van der Waals surface area contributed by atoms with Crippen LogP contribution in [0.3, 0.4) is 0 Å². The summed E-state index contributed by atoms with van der Waals surface area (Å²) in [5.74, 6) is 2.11. The number of nitrogens with two attached hydrogens (primary N) is 1. The summed E-state index contributed by atoms with van der Waals surface area (Å²) < 4.78 is 10.5. The Morgan fingerprint density at radius 2 is 2.12 bits per heavy atom. The summed E-state index contributed by atoms with van der Waals surface area (Å²) in [6, 6.07) is 5.58. The predicted molar refractivity (Wildman–Crippen MR) is 54.0 cm³/mol. The lowest BCUT2D eigenvalue weighted by atomic mass is 10.2. The highest BCUT2D eigenvalue weighted by Gasteiger charge is 2.20. The van der Waals surface area contributed by atoms with Gasteiger partial charge in [0.05, 0.1) is 5.56 Å². The molecule has 2 heterocycles. The molecule has 0 fully saturated rings. The lowest BCUT2D eigenvalue weighted by Gasteiger charge is -2.09. The summed E-state index contributed by atoms with van der Waals surface area (Å²) in [5, 5.41) is 5.76. The summed E-state index contributed by atoms with van der Waals surface area (Å²) in [7, 11) is 0. The highest BCUT2D eigenvalue weighted by Crippen LogP contribution is 2.32. The van der Waals surface area contributed by atoms with Crippen LogP contribution in [0.25, 0.3) is 0 Å². The number of benzene rings is 1. The average Bonchev–Trinajstić information content (AvgIpc) is 2.77. The molecule has 1 amide bonds. The third-order valence-electron chi connectivity index (χ3n) is 2.45. The maximum absolute atomic E-state index is 10.9. The second kappa shape index (κ2) is 4.60. The van der Waals surface area contributed by atoms with Crippen LogP contribution in [0.1, 0.15) is 5.56 Å². The number of hydrogen-bond acceptors (Lipinski definition) is 4. The van der Waals surface area contributed by atoms with Crippen LogP contribution < -0.4 is 32.6 Å². The third-order valence-corrected chi connectivity index (χ3v) is 2.45. The van der Waals surface area contributed by atoms with Gasteiger partial charge in [0, 0.05) is 0 Å². The topological polar surface area (TPSA) is 76.5 Å². The minimum atomic E-state index is -0.0931. The maximum atomic E-state index is 10.9. The number of amidine groups is 1. The Morgan fingerprint density at radius 3 is 2.88 bits per heavy atom. The summed E-state index contributed by atoms with van der Waals surface area (Å²) in [6.45, 7) is 0.610. The van der Waals surface area contributed by atoms with Crippen molar-refractivity contribution in [2.24, 2.45) is 5.10 Å². The maximum Gasteiger partial charge on any atom is 0.295 e. The highest BCUT2D eigenvalue weighted by atomic mass is 35.5. The fraction of sp³-hybridized carbons (Fsp3) is 0.200. The van der Waals surface area contributed by atoms with E-state index in [-0.39, 0.29) is 25.1 Å². The van der Waals surface area contributed by atoms with E-state index in [0.717, 1.165) is 17.1 Å². The summed E-state index contributed by atoms with van der Waals surface area (Å²) in [6.07, 6.45) is 0. The van der Waals surface area contributed by atoms with Gasteiger partial charge in [-0.05, 0) is 18.2 Å². The van der Waals surface area contributed by atoms with E-state index in [1.807, 2.05) is 18.2 Å². The third kappa shape index (κ3) is 2.17. The fourth-order valence-corrected chi connectivity index (χ4v) is 1.64.